The van der Waals surface area contributed by atoms with E-state index in [2.05, 4.69) is 0 Å². The SMILES string of the molecule is OC[C@H]1CC[C@@]2(CCC[C@H](CO)O2)OC1. The second kappa shape index (κ2) is 4.78. The Balaban J connectivity index is 1.90. The van der Waals surface area contributed by atoms with Crippen LogP contribution < -0.4 is 0 Å². The molecule has 2 saturated heterocycles. The summed E-state index contributed by atoms with van der Waals surface area (Å²) >= 11 is 0. The summed E-state index contributed by atoms with van der Waals surface area (Å²) in [4.78, 5) is 0. The number of hydrogen-bond acceptors (Lipinski definition) is 4. The van der Waals surface area contributed by atoms with Crippen LogP contribution in [0.3, 0.4) is 0 Å². The van der Waals surface area contributed by atoms with Crippen molar-refractivity contribution in [1.29, 1.82) is 0 Å². The van der Waals surface area contributed by atoms with Crippen LogP contribution in [0.25, 0.3) is 0 Å². The fourth-order valence-electron chi connectivity index (χ4n) is 2.43. The van der Waals surface area contributed by atoms with Gasteiger partial charge in [-0.3, -0.25) is 0 Å². The van der Waals surface area contributed by atoms with Crippen molar-refractivity contribution in [3.63, 3.8) is 0 Å². The minimum atomic E-state index is -0.461. The molecule has 15 heavy (non-hydrogen) atoms. The quantitative estimate of drug-likeness (QED) is 0.712. The van der Waals surface area contributed by atoms with Gasteiger partial charge in [-0.1, -0.05) is 0 Å². The molecular weight excluding hydrogens is 196 g/mol. The van der Waals surface area contributed by atoms with Crippen LogP contribution in [0, 0.1) is 5.92 Å². The Hall–Kier alpha value is -0.160. The Bertz CT molecular complexity index is 199. The Labute approximate surface area is 90.2 Å². The first-order valence-corrected chi connectivity index (χ1v) is 5.81. The molecule has 2 rings (SSSR count). The summed E-state index contributed by atoms with van der Waals surface area (Å²) in [6, 6.07) is 0. The highest BCUT2D eigenvalue weighted by molar-refractivity contribution is 4.83. The van der Waals surface area contributed by atoms with E-state index < -0.39 is 5.79 Å². The van der Waals surface area contributed by atoms with E-state index in [1.165, 1.54) is 0 Å². The number of ether oxygens (including phenoxy) is 2. The van der Waals surface area contributed by atoms with Crippen molar-refractivity contribution in [1.82, 2.24) is 0 Å². The van der Waals surface area contributed by atoms with Gasteiger partial charge in [-0.2, -0.15) is 0 Å². The maximum atomic E-state index is 9.08. The molecule has 2 aliphatic heterocycles. The molecule has 4 nitrogen and oxygen atoms in total. The molecule has 2 aliphatic rings. The van der Waals surface area contributed by atoms with Crippen molar-refractivity contribution in [3.05, 3.63) is 0 Å². The fourth-order valence-corrected chi connectivity index (χ4v) is 2.43. The molecule has 1 spiro atoms. The van der Waals surface area contributed by atoms with Gasteiger partial charge in [-0.05, 0) is 19.3 Å². The van der Waals surface area contributed by atoms with Crippen molar-refractivity contribution in [2.45, 2.75) is 44.0 Å². The number of rotatable bonds is 2. The van der Waals surface area contributed by atoms with Crippen molar-refractivity contribution in [2.75, 3.05) is 19.8 Å². The lowest BCUT2D eigenvalue weighted by Crippen LogP contribution is -2.48. The average Bonchev–Trinajstić information content (AvgIpc) is 2.30. The molecule has 0 aromatic carbocycles. The third-order valence-corrected chi connectivity index (χ3v) is 3.44. The first-order valence-electron chi connectivity index (χ1n) is 5.81. The number of hydrogen-bond donors (Lipinski definition) is 2. The Morgan fingerprint density at radius 3 is 2.60 bits per heavy atom. The van der Waals surface area contributed by atoms with Gasteiger partial charge in [0.15, 0.2) is 5.79 Å². The minimum absolute atomic E-state index is 0.0653. The van der Waals surface area contributed by atoms with Crippen LogP contribution >= 0.6 is 0 Å². The predicted octanol–water partition coefficient (Wildman–Crippen LogP) is 0.663. The summed E-state index contributed by atoms with van der Waals surface area (Å²) in [5, 5.41) is 18.1. The molecule has 0 amide bonds. The first-order chi connectivity index (χ1) is 7.28. The molecular formula is C11H20O4. The molecule has 0 radical (unpaired) electrons. The van der Waals surface area contributed by atoms with E-state index in [1.54, 1.807) is 0 Å². The maximum Gasteiger partial charge on any atom is 0.168 e. The van der Waals surface area contributed by atoms with E-state index in [4.69, 9.17) is 19.7 Å². The smallest absolute Gasteiger partial charge is 0.168 e. The highest BCUT2D eigenvalue weighted by Crippen LogP contribution is 2.38. The largest absolute Gasteiger partial charge is 0.396 e. The lowest BCUT2D eigenvalue weighted by atomic mass is 9.91. The van der Waals surface area contributed by atoms with Crippen LogP contribution in [0.5, 0.6) is 0 Å². The molecule has 2 N–H and O–H groups in total. The van der Waals surface area contributed by atoms with Gasteiger partial charge < -0.3 is 19.7 Å². The van der Waals surface area contributed by atoms with Gasteiger partial charge in [0.25, 0.3) is 0 Å². The van der Waals surface area contributed by atoms with E-state index in [0.29, 0.717) is 6.61 Å². The Kier molecular flexibility index (Phi) is 3.61. The average molecular weight is 216 g/mol. The summed E-state index contributed by atoms with van der Waals surface area (Å²) < 4.78 is 11.6. The highest BCUT2D eigenvalue weighted by atomic mass is 16.7. The molecule has 0 unspecified atom stereocenters. The van der Waals surface area contributed by atoms with Gasteiger partial charge in [0.05, 0.1) is 19.3 Å². The molecule has 2 heterocycles. The van der Waals surface area contributed by atoms with Gasteiger partial charge in [-0.15, -0.1) is 0 Å². The summed E-state index contributed by atoms with van der Waals surface area (Å²) in [5.41, 5.74) is 0. The van der Waals surface area contributed by atoms with Crippen LogP contribution in [0.2, 0.25) is 0 Å². The second-order valence-electron chi connectivity index (χ2n) is 4.62. The Morgan fingerprint density at radius 1 is 1.13 bits per heavy atom. The molecule has 0 bridgehead atoms. The zero-order valence-electron chi connectivity index (χ0n) is 9.02. The summed E-state index contributed by atoms with van der Waals surface area (Å²) in [6.07, 6.45) is 4.62. The monoisotopic (exact) mass is 216 g/mol. The molecule has 0 aromatic heterocycles. The van der Waals surface area contributed by atoms with Crippen LogP contribution in [-0.4, -0.2) is 41.9 Å². The zero-order valence-corrected chi connectivity index (χ0v) is 9.02. The molecule has 4 heteroatoms. The third kappa shape index (κ3) is 2.50. The lowest BCUT2D eigenvalue weighted by Gasteiger charge is -2.44. The van der Waals surface area contributed by atoms with E-state index in [-0.39, 0.29) is 25.2 Å². The van der Waals surface area contributed by atoms with E-state index >= 15 is 0 Å². The van der Waals surface area contributed by atoms with Crippen LogP contribution in [0.15, 0.2) is 0 Å². The molecule has 0 saturated carbocycles. The van der Waals surface area contributed by atoms with Gasteiger partial charge in [0.2, 0.25) is 0 Å². The molecule has 0 aliphatic carbocycles. The third-order valence-electron chi connectivity index (χ3n) is 3.44. The van der Waals surface area contributed by atoms with Gasteiger partial charge in [-0.25, -0.2) is 0 Å². The summed E-state index contributed by atoms with van der Waals surface area (Å²) in [5.74, 6) is -0.203. The maximum absolute atomic E-state index is 9.08. The predicted molar refractivity (Wildman–Crippen MR) is 54.3 cm³/mol. The summed E-state index contributed by atoms with van der Waals surface area (Å²) in [6.45, 7) is 0.850. The molecule has 0 aromatic rings. The van der Waals surface area contributed by atoms with Crippen LogP contribution in [0.1, 0.15) is 32.1 Å². The number of aliphatic hydroxyl groups is 2. The molecule has 2 fully saturated rings. The van der Waals surface area contributed by atoms with Crippen molar-refractivity contribution in [2.24, 2.45) is 5.92 Å². The lowest BCUT2D eigenvalue weighted by molar-refractivity contribution is -0.306. The Morgan fingerprint density at radius 2 is 2.00 bits per heavy atom. The standard InChI is InChI=1S/C11H20O4/c12-6-9-3-5-11(14-8-9)4-1-2-10(7-13)15-11/h9-10,12-13H,1-8H2/t9-,10-,11+/m1/s1. The van der Waals surface area contributed by atoms with E-state index in [0.717, 1.165) is 32.1 Å². The van der Waals surface area contributed by atoms with Crippen LogP contribution in [0.4, 0.5) is 0 Å². The second-order valence-corrected chi connectivity index (χ2v) is 4.62. The molecule has 88 valence electrons. The van der Waals surface area contributed by atoms with E-state index in [9.17, 15) is 0 Å². The van der Waals surface area contributed by atoms with Crippen molar-refractivity contribution >= 4 is 0 Å². The highest BCUT2D eigenvalue weighted by Gasteiger charge is 2.41. The zero-order chi connectivity index (χ0) is 10.7. The van der Waals surface area contributed by atoms with Gasteiger partial charge in [0, 0.05) is 25.4 Å². The topological polar surface area (TPSA) is 58.9 Å². The number of aliphatic hydroxyl groups excluding tert-OH is 2. The summed E-state index contributed by atoms with van der Waals surface area (Å²) in [7, 11) is 0. The first kappa shape index (κ1) is 11.3. The minimum Gasteiger partial charge on any atom is -0.396 e. The van der Waals surface area contributed by atoms with Crippen molar-refractivity contribution in [3.8, 4) is 0 Å². The fraction of sp³-hybridized carbons (Fsp3) is 1.00. The van der Waals surface area contributed by atoms with Crippen molar-refractivity contribution < 1.29 is 19.7 Å². The van der Waals surface area contributed by atoms with E-state index in [1.807, 2.05) is 0 Å². The normalized spacial score (nSPS) is 42.0. The van der Waals surface area contributed by atoms with Gasteiger partial charge >= 0.3 is 0 Å². The van der Waals surface area contributed by atoms with Crippen LogP contribution in [-0.2, 0) is 9.47 Å². The van der Waals surface area contributed by atoms with Gasteiger partial charge in [0.1, 0.15) is 0 Å². The molecule has 3 atom stereocenters.